The average molecular weight is 223 g/mol. The van der Waals surface area contributed by atoms with E-state index in [1.807, 2.05) is 0 Å². The average Bonchev–Trinajstić information content (AvgIpc) is 1.30. The van der Waals surface area contributed by atoms with Gasteiger partial charge >= 0.3 is 103 Å². The summed E-state index contributed by atoms with van der Waals surface area (Å²) in [5, 5.41) is 0. The second kappa shape index (κ2) is 9.76. The fourth-order valence-electron chi connectivity index (χ4n) is 0.0598. The molecule has 9 heavy (non-hydrogen) atoms. The Labute approximate surface area is 143 Å². The van der Waals surface area contributed by atoms with Crippen molar-refractivity contribution < 1.29 is 122 Å². The Kier molecular flexibility index (Phi) is 20.0. The Morgan fingerprint density at radius 3 is 1.78 bits per heavy atom. The zero-order valence-corrected chi connectivity index (χ0v) is 13.1. The van der Waals surface area contributed by atoms with Crippen LogP contribution in [0.3, 0.4) is 0 Å². The first-order chi connectivity index (χ1) is 3.06. The van der Waals surface area contributed by atoms with Crippen LogP contribution < -0.4 is 113 Å². The molecule has 0 saturated carbocycles. The van der Waals surface area contributed by atoms with Crippen molar-refractivity contribution in [3.63, 3.8) is 0 Å². The number of hydrogen-bond acceptors (Lipinski definition) is 4. The minimum absolute atomic E-state index is 0. The Morgan fingerprint density at radius 2 is 1.78 bits per heavy atom. The summed E-state index contributed by atoms with van der Waals surface area (Å²) in [6.07, 6.45) is 0. The van der Waals surface area contributed by atoms with Gasteiger partial charge in [0, 0.05) is 0 Å². The fraction of sp³-hybridized carbons (Fsp3) is 1.00. The molecule has 0 aliphatic carbocycles. The van der Waals surface area contributed by atoms with Gasteiger partial charge in [0.05, 0.1) is 7.82 Å². The summed E-state index contributed by atoms with van der Waals surface area (Å²) in [5.41, 5.74) is 0. The van der Waals surface area contributed by atoms with E-state index in [4.69, 9.17) is 11.6 Å². The van der Waals surface area contributed by atoms with Gasteiger partial charge in [-0.2, -0.15) is 0 Å². The van der Waals surface area contributed by atoms with E-state index >= 15 is 0 Å². The van der Waals surface area contributed by atoms with Crippen molar-refractivity contribution in [3.05, 3.63) is 0 Å². The van der Waals surface area contributed by atoms with Crippen LogP contribution in [0.4, 0.5) is 0 Å². The number of halogens is 1. The van der Waals surface area contributed by atoms with Crippen LogP contribution in [-0.4, -0.2) is 6.07 Å². The van der Waals surface area contributed by atoms with E-state index in [9.17, 15) is 14.4 Å². The van der Waals surface area contributed by atoms with Crippen molar-refractivity contribution in [3.8, 4) is 0 Å². The van der Waals surface area contributed by atoms with Crippen LogP contribution in [0.1, 0.15) is 0 Å². The van der Waals surface area contributed by atoms with Gasteiger partial charge < -0.3 is 18.9 Å². The molecule has 0 atom stereocenters. The van der Waals surface area contributed by atoms with Gasteiger partial charge in [-0.25, -0.2) is 0 Å². The van der Waals surface area contributed by atoms with Gasteiger partial charge in [-0.3, -0.25) is 0 Å². The van der Waals surface area contributed by atoms with Gasteiger partial charge in [-0.15, -0.1) is 0 Å². The van der Waals surface area contributed by atoms with Crippen LogP contribution in [-0.2, 0) is 9.09 Å². The van der Waals surface area contributed by atoms with Crippen LogP contribution in [0.15, 0.2) is 0 Å². The maximum absolute atomic E-state index is 9.40. The molecule has 0 spiro atoms. The molecule has 44 valence electrons. The summed E-state index contributed by atoms with van der Waals surface area (Å²) in [6, 6.07) is -0.607. The molecule has 0 aliphatic rings. The second-order valence-electron chi connectivity index (χ2n) is 0.685. The Bertz CT molecular complexity index is 92.6. The molecule has 0 N–H and O–H groups in total. The molecule has 0 bridgehead atoms. The molecule has 0 amide bonds. The van der Waals surface area contributed by atoms with Crippen molar-refractivity contribution >= 4 is 19.4 Å². The largest absolute Gasteiger partial charge is 1.00 e. The number of phosphoric ester groups is 1. The molecule has 0 saturated heterocycles. The molecule has 0 unspecified atom stereocenters. The molecule has 4 nitrogen and oxygen atoms in total. The zero-order chi connectivity index (χ0) is 5.91. The number of rotatable bonds is 2. The minimum Gasteiger partial charge on any atom is -0.790 e. The molecule has 0 fully saturated rings. The fourth-order valence-corrected chi connectivity index (χ4v) is 0.538. The summed E-state index contributed by atoms with van der Waals surface area (Å²) in [6.45, 7) is 0. The predicted octanol–water partition coefficient (Wildman–Crippen LogP) is -6.96. The molecule has 0 aromatic carbocycles. The third-order valence-electron chi connectivity index (χ3n) is 0.207. The van der Waals surface area contributed by atoms with Gasteiger partial charge in [0.15, 0.2) is 0 Å². The molecule has 8 heteroatoms. The van der Waals surface area contributed by atoms with Gasteiger partial charge in [0.1, 0.15) is 6.07 Å². The van der Waals surface area contributed by atoms with Crippen LogP contribution in [0.25, 0.3) is 0 Å². The molecule has 0 heterocycles. The summed E-state index contributed by atoms with van der Waals surface area (Å²) in [5.74, 6) is 0. The molecular weight excluding hydrogens is 221 g/mol. The normalized spacial score (nSPS) is 9.22. The smallest absolute Gasteiger partial charge is 0.790 e. The van der Waals surface area contributed by atoms with Gasteiger partial charge in [0.2, 0.25) is 0 Å². The van der Waals surface area contributed by atoms with Crippen molar-refractivity contribution in [2.45, 2.75) is 0 Å². The molecule has 0 radical (unpaired) electrons. The Hall–Kier alpha value is 3.67. The third-order valence-corrected chi connectivity index (χ3v) is 0.913. The van der Waals surface area contributed by atoms with Crippen molar-refractivity contribution in [1.29, 1.82) is 0 Å². The van der Waals surface area contributed by atoms with E-state index in [-0.39, 0.29) is 103 Å². The molecule has 0 aromatic rings. The Balaban J connectivity index is -0.000000180. The predicted molar refractivity (Wildman–Crippen MR) is 19.4 cm³/mol. The van der Waals surface area contributed by atoms with E-state index in [2.05, 4.69) is 4.52 Å². The maximum Gasteiger partial charge on any atom is 1.00 e. The number of phosphoric acid groups is 1. The maximum atomic E-state index is 9.40. The Morgan fingerprint density at radius 1 is 1.44 bits per heavy atom. The standard InChI is InChI=1S/CH4ClO4P.2K/c2-1-6-7(3,4)5;;/h1H2,(H2,3,4,5);;/q;2*+1/p-2. The second-order valence-corrected chi connectivity index (χ2v) is 2.06. The van der Waals surface area contributed by atoms with Crippen molar-refractivity contribution in [2.24, 2.45) is 0 Å². The van der Waals surface area contributed by atoms with E-state index in [0.717, 1.165) is 0 Å². The zero-order valence-electron chi connectivity index (χ0n) is 5.17. The summed E-state index contributed by atoms with van der Waals surface area (Å²) < 4.78 is 12.8. The van der Waals surface area contributed by atoms with Crippen LogP contribution in [0, 0.1) is 0 Å². The summed E-state index contributed by atoms with van der Waals surface area (Å²) >= 11 is 4.69. The van der Waals surface area contributed by atoms with Crippen LogP contribution >= 0.6 is 19.4 Å². The van der Waals surface area contributed by atoms with Gasteiger partial charge in [-0.1, -0.05) is 11.6 Å². The first kappa shape index (κ1) is 18.5. The monoisotopic (exact) mass is 222 g/mol. The van der Waals surface area contributed by atoms with Gasteiger partial charge in [0.25, 0.3) is 0 Å². The minimum atomic E-state index is -4.80. The first-order valence-corrected chi connectivity index (χ1v) is 3.28. The van der Waals surface area contributed by atoms with Crippen LogP contribution in [0.2, 0.25) is 0 Å². The van der Waals surface area contributed by atoms with Crippen molar-refractivity contribution in [2.75, 3.05) is 6.07 Å². The number of alkyl halides is 1. The topological polar surface area (TPSA) is 72.4 Å². The summed E-state index contributed by atoms with van der Waals surface area (Å²) in [7, 11) is -4.80. The molecular formula is CH2ClK2O4P. The van der Waals surface area contributed by atoms with E-state index in [1.54, 1.807) is 0 Å². The first-order valence-electron chi connectivity index (χ1n) is 1.29. The SMILES string of the molecule is O=P([O-])([O-])OCCl.[K+].[K+]. The third kappa shape index (κ3) is 18.6. The molecule has 0 aromatic heterocycles. The van der Waals surface area contributed by atoms with E-state index in [0.29, 0.717) is 0 Å². The quantitative estimate of drug-likeness (QED) is 0.265. The van der Waals surface area contributed by atoms with Crippen LogP contribution in [0.5, 0.6) is 0 Å². The molecule has 0 rings (SSSR count). The molecule has 0 aliphatic heterocycles. The van der Waals surface area contributed by atoms with Gasteiger partial charge in [-0.05, 0) is 0 Å². The summed E-state index contributed by atoms with van der Waals surface area (Å²) in [4.78, 5) is 18.8. The van der Waals surface area contributed by atoms with E-state index in [1.165, 1.54) is 0 Å². The van der Waals surface area contributed by atoms with E-state index < -0.39 is 13.9 Å². The van der Waals surface area contributed by atoms with Crippen molar-refractivity contribution in [1.82, 2.24) is 0 Å². The number of hydrogen-bond donors (Lipinski definition) is 0.